The van der Waals surface area contributed by atoms with Crippen LogP contribution in [0.3, 0.4) is 0 Å². The van der Waals surface area contributed by atoms with Crippen molar-refractivity contribution in [2.75, 3.05) is 6.61 Å². The zero-order valence-electron chi connectivity index (χ0n) is 8.51. The quantitative estimate of drug-likeness (QED) is 0.801. The smallest absolute Gasteiger partial charge is 0.392 e. The van der Waals surface area contributed by atoms with E-state index in [4.69, 9.17) is 4.74 Å². The zero-order chi connectivity index (χ0) is 12.2. The summed E-state index contributed by atoms with van der Waals surface area (Å²) >= 11 is 3.13. The van der Waals surface area contributed by atoms with Gasteiger partial charge in [-0.3, -0.25) is 0 Å². The van der Waals surface area contributed by atoms with Gasteiger partial charge in [-0.15, -0.1) is 0 Å². The Bertz CT molecular complexity index is 357. The van der Waals surface area contributed by atoms with Gasteiger partial charge in [0.05, 0.1) is 13.0 Å². The predicted octanol–water partition coefficient (Wildman–Crippen LogP) is 3.13. The van der Waals surface area contributed by atoms with Gasteiger partial charge < -0.3 is 4.74 Å². The van der Waals surface area contributed by atoms with Gasteiger partial charge in [-0.1, -0.05) is 6.92 Å². The van der Waals surface area contributed by atoms with E-state index < -0.39 is 19.2 Å². The molecule has 0 bridgehead atoms. The molecule has 0 saturated carbocycles. The van der Waals surface area contributed by atoms with E-state index in [0.717, 1.165) is 0 Å². The second kappa shape index (κ2) is 5.47. The first kappa shape index (κ1) is 13.2. The van der Waals surface area contributed by atoms with Crippen LogP contribution < -0.4 is 4.74 Å². The third kappa shape index (κ3) is 4.78. The van der Waals surface area contributed by atoms with Gasteiger partial charge in [0.15, 0.2) is 0 Å². The van der Waals surface area contributed by atoms with Crippen molar-refractivity contribution in [1.29, 1.82) is 0 Å². The lowest BCUT2D eigenvalue weighted by molar-refractivity contribution is -0.139. The number of alkyl halides is 3. The summed E-state index contributed by atoms with van der Waals surface area (Å²) in [6.45, 7) is 1.41. The number of ether oxygens (including phenoxy) is 1. The van der Waals surface area contributed by atoms with E-state index in [1.807, 2.05) is 6.92 Å². The summed E-state index contributed by atoms with van der Waals surface area (Å²) in [5, 5.41) is 0. The summed E-state index contributed by atoms with van der Waals surface area (Å²) in [5.74, 6) is 0.680. The van der Waals surface area contributed by atoms with Gasteiger partial charge in [-0.05, 0) is 15.9 Å². The fraction of sp³-hybridized carbons (Fsp3) is 0.556. The van der Waals surface area contributed by atoms with E-state index in [1.54, 1.807) is 0 Å². The maximum atomic E-state index is 11.9. The van der Waals surface area contributed by atoms with E-state index in [0.29, 0.717) is 16.8 Å². The average Bonchev–Trinajstić information content (AvgIpc) is 2.14. The number of hydrogen-bond donors (Lipinski definition) is 0. The van der Waals surface area contributed by atoms with Crippen LogP contribution in [0.15, 0.2) is 10.7 Å². The summed E-state index contributed by atoms with van der Waals surface area (Å²) in [6.07, 6.45) is -4.61. The van der Waals surface area contributed by atoms with Crippen LogP contribution in [-0.2, 0) is 6.42 Å². The molecule has 0 aliphatic carbocycles. The second-order valence-corrected chi connectivity index (χ2v) is 3.82. The monoisotopic (exact) mass is 298 g/mol. The maximum absolute atomic E-state index is 11.9. The molecule has 0 aliphatic heterocycles. The molecule has 1 rings (SSSR count). The van der Waals surface area contributed by atoms with Crippen LogP contribution in [0.5, 0.6) is 5.88 Å². The highest BCUT2D eigenvalue weighted by molar-refractivity contribution is 9.10. The average molecular weight is 299 g/mol. The molecule has 7 heteroatoms. The number of aromatic nitrogens is 2. The standard InChI is InChI=1S/C9H10BrF3N2O/c1-2-7-14-6(10)5-8(15-7)16-4-3-9(11,12)13/h5H,2-4H2,1H3. The molecule has 0 aliphatic rings. The molecule has 0 amide bonds. The van der Waals surface area contributed by atoms with Crippen molar-refractivity contribution in [3.05, 3.63) is 16.5 Å². The molecule has 0 unspecified atom stereocenters. The van der Waals surface area contributed by atoms with Gasteiger partial charge >= 0.3 is 6.18 Å². The van der Waals surface area contributed by atoms with E-state index in [1.165, 1.54) is 6.07 Å². The van der Waals surface area contributed by atoms with E-state index in [-0.39, 0.29) is 5.88 Å². The second-order valence-electron chi connectivity index (χ2n) is 3.01. The number of hydrogen-bond acceptors (Lipinski definition) is 3. The molecule has 0 N–H and O–H groups in total. The third-order valence-corrected chi connectivity index (χ3v) is 2.08. The molecule has 1 heterocycles. The Morgan fingerprint density at radius 1 is 1.38 bits per heavy atom. The van der Waals surface area contributed by atoms with E-state index in [2.05, 4.69) is 25.9 Å². The minimum Gasteiger partial charge on any atom is -0.477 e. The van der Waals surface area contributed by atoms with Gasteiger partial charge in [0.2, 0.25) is 5.88 Å². The molecule has 0 aromatic carbocycles. The van der Waals surface area contributed by atoms with E-state index >= 15 is 0 Å². The summed E-state index contributed by atoms with van der Waals surface area (Å²) < 4.78 is 41.0. The normalized spacial score (nSPS) is 11.6. The molecule has 0 radical (unpaired) electrons. The van der Waals surface area contributed by atoms with Crippen LogP contribution in [0.4, 0.5) is 13.2 Å². The van der Waals surface area contributed by atoms with Gasteiger partial charge in [-0.2, -0.15) is 18.2 Å². The Morgan fingerprint density at radius 2 is 2.06 bits per heavy atom. The fourth-order valence-corrected chi connectivity index (χ4v) is 1.35. The van der Waals surface area contributed by atoms with Crippen molar-refractivity contribution < 1.29 is 17.9 Å². The molecule has 16 heavy (non-hydrogen) atoms. The van der Waals surface area contributed by atoms with Crippen molar-refractivity contribution in [1.82, 2.24) is 9.97 Å². The van der Waals surface area contributed by atoms with Crippen LogP contribution in [0.25, 0.3) is 0 Å². The molecule has 90 valence electrons. The molecule has 0 atom stereocenters. The molecule has 0 saturated heterocycles. The Hall–Kier alpha value is -0.850. The van der Waals surface area contributed by atoms with Crippen molar-refractivity contribution in [2.45, 2.75) is 25.9 Å². The van der Waals surface area contributed by atoms with Gasteiger partial charge in [-0.25, -0.2) is 4.98 Å². The summed E-state index contributed by atoms with van der Waals surface area (Å²) in [6, 6.07) is 1.44. The largest absolute Gasteiger partial charge is 0.477 e. The maximum Gasteiger partial charge on any atom is 0.392 e. The fourth-order valence-electron chi connectivity index (χ4n) is 0.945. The highest BCUT2D eigenvalue weighted by atomic mass is 79.9. The highest BCUT2D eigenvalue weighted by Gasteiger charge is 2.26. The molecular weight excluding hydrogens is 289 g/mol. The minimum atomic E-state index is -4.21. The van der Waals surface area contributed by atoms with Crippen LogP contribution >= 0.6 is 15.9 Å². The lowest BCUT2D eigenvalue weighted by Gasteiger charge is -2.08. The minimum absolute atomic E-state index is 0.156. The van der Waals surface area contributed by atoms with Crippen molar-refractivity contribution >= 4 is 15.9 Å². The Kier molecular flexibility index (Phi) is 4.52. The van der Waals surface area contributed by atoms with Crippen LogP contribution in [-0.4, -0.2) is 22.8 Å². The van der Waals surface area contributed by atoms with Crippen molar-refractivity contribution in [3.63, 3.8) is 0 Å². The molecule has 3 nitrogen and oxygen atoms in total. The first-order valence-electron chi connectivity index (χ1n) is 4.63. The number of rotatable bonds is 4. The highest BCUT2D eigenvalue weighted by Crippen LogP contribution is 2.20. The van der Waals surface area contributed by atoms with Crippen LogP contribution in [0, 0.1) is 0 Å². The molecular formula is C9H10BrF3N2O. The summed E-state index contributed by atoms with van der Waals surface area (Å²) in [5.41, 5.74) is 0. The number of halogens is 4. The number of nitrogens with zero attached hydrogens (tertiary/aromatic N) is 2. The van der Waals surface area contributed by atoms with Crippen LogP contribution in [0.1, 0.15) is 19.2 Å². The summed E-state index contributed by atoms with van der Waals surface area (Å²) in [7, 11) is 0. The SMILES string of the molecule is CCc1nc(Br)cc(OCCC(F)(F)F)n1. The molecule has 0 spiro atoms. The topological polar surface area (TPSA) is 35.0 Å². The third-order valence-electron chi connectivity index (χ3n) is 1.67. The van der Waals surface area contributed by atoms with Gasteiger partial charge in [0.1, 0.15) is 10.4 Å². The summed E-state index contributed by atoms with van der Waals surface area (Å²) in [4.78, 5) is 7.95. The Balaban J connectivity index is 2.57. The molecule has 1 aromatic rings. The van der Waals surface area contributed by atoms with Gasteiger partial charge in [0.25, 0.3) is 0 Å². The lowest BCUT2D eigenvalue weighted by Crippen LogP contribution is -2.13. The number of aryl methyl sites for hydroxylation is 1. The first-order valence-corrected chi connectivity index (χ1v) is 5.43. The van der Waals surface area contributed by atoms with E-state index in [9.17, 15) is 13.2 Å². The van der Waals surface area contributed by atoms with Crippen molar-refractivity contribution in [2.24, 2.45) is 0 Å². The Labute approximate surface area is 99.2 Å². The zero-order valence-corrected chi connectivity index (χ0v) is 10.1. The van der Waals surface area contributed by atoms with Crippen molar-refractivity contribution in [3.8, 4) is 5.88 Å². The predicted molar refractivity (Wildman–Crippen MR) is 55.3 cm³/mol. The molecule has 1 aromatic heterocycles. The first-order chi connectivity index (χ1) is 7.40. The molecule has 0 fully saturated rings. The van der Waals surface area contributed by atoms with Crippen LogP contribution in [0.2, 0.25) is 0 Å². The Morgan fingerprint density at radius 3 is 2.62 bits per heavy atom. The lowest BCUT2D eigenvalue weighted by atomic mass is 10.4. The van der Waals surface area contributed by atoms with Gasteiger partial charge in [0, 0.05) is 12.5 Å².